The van der Waals surface area contributed by atoms with Gasteiger partial charge in [-0.15, -0.1) is 11.3 Å². The molecule has 0 saturated carbocycles. The van der Waals surface area contributed by atoms with E-state index in [0.29, 0.717) is 0 Å². The van der Waals surface area contributed by atoms with Gasteiger partial charge >= 0.3 is 0 Å². The smallest absolute Gasteiger partial charge is 0.111 e. The zero-order chi connectivity index (χ0) is 12.4. The van der Waals surface area contributed by atoms with Crippen LogP contribution in [0.2, 0.25) is 0 Å². The first kappa shape index (κ1) is 11.4. The Bertz CT molecular complexity index is 653. The van der Waals surface area contributed by atoms with Crippen molar-refractivity contribution in [2.45, 2.75) is 0 Å². The maximum Gasteiger partial charge on any atom is 0.111 e. The van der Waals surface area contributed by atoms with Gasteiger partial charge in [-0.25, -0.2) is 0 Å². The first-order valence-electron chi connectivity index (χ1n) is 5.68. The zero-order valence-corrected chi connectivity index (χ0v) is 11.2. The highest BCUT2D eigenvalue weighted by atomic mass is 32.1. The summed E-state index contributed by atoms with van der Waals surface area (Å²) in [5.74, 6) is 0. The molecule has 0 aliphatic carbocycles. The second-order valence-corrected chi connectivity index (χ2v) is 5.46. The highest BCUT2D eigenvalue weighted by Crippen LogP contribution is 2.29. The Hall–Kier alpha value is -1.71. The van der Waals surface area contributed by atoms with Crippen LogP contribution in [0.5, 0.6) is 0 Å². The van der Waals surface area contributed by atoms with Gasteiger partial charge in [-0.1, -0.05) is 60.7 Å². The number of hydrogen-bond donors (Lipinski definition) is 1. The van der Waals surface area contributed by atoms with Crippen LogP contribution in [0.3, 0.4) is 0 Å². The molecule has 0 spiro atoms. The molecule has 0 unspecified atom stereocenters. The second-order valence-electron chi connectivity index (χ2n) is 3.97. The Labute approximate surface area is 115 Å². The summed E-state index contributed by atoms with van der Waals surface area (Å²) in [6.07, 6.45) is 0. The van der Waals surface area contributed by atoms with Crippen molar-refractivity contribution in [2.24, 2.45) is 0 Å². The van der Waals surface area contributed by atoms with Crippen LogP contribution >= 0.6 is 23.6 Å². The van der Waals surface area contributed by atoms with Gasteiger partial charge < -0.3 is 5.32 Å². The summed E-state index contributed by atoms with van der Waals surface area (Å²) in [5.41, 5.74) is 1.05. The molecule has 0 saturated heterocycles. The van der Waals surface area contributed by atoms with E-state index < -0.39 is 0 Å². The Balaban J connectivity index is 1.86. The van der Waals surface area contributed by atoms with Crippen LogP contribution in [0.4, 0.5) is 5.00 Å². The van der Waals surface area contributed by atoms with Crippen molar-refractivity contribution in [3.05, 3.63) is 66.2 Å². The monoisotopic (exact) mass is 269 g/mol. The molecule has 3 aromatic rings. The van der Waals surface area contributed by atoms with Gasteiger partial charge in [-0.05, 0) is 17.5 Å². The average Bonchev–Trinajstić information content (AvgIpc) is 2.82. The molecule has 1 heterocycles. The van der Waals surface area contributed by atoms with Gasteiger partial charge in [0, 0.05) is 10.3 Å². The fraction of sp³-hybridized carbons (Fsp3) is 0. The molecule has 0 radical (unpaired) electrons. The standard InChI is InChI=1S/C15H11NS2/c17-15(11-6-2-1-3-7-11)16-14-10-12-8-4-5-9-13(12)18-14/h1-10H,(H,16,17). The molecule has 1 aromatic heterocycles. The van der Waals surface area contributed by atoms with Crippen LogP contribution in [0.15, 0.2) is 60.7 Å². The lowest BCUT2D eigenvalue weighted by Crippen LogP contribution is -2.08. The SMILES string of the molecule is S=C(Nc1cc2ccccc2s1)c1ccccc1. The molecule has 3 heteroatoms. The molecule has 88 valence electrons. The van der Waals surface area contributed by atoms with E-state index in [-0.39, 0.29) is 0 Å². The van der Waals surface area contributed by atoms with Gasteiger partial charge in [0.2, 0.25) is 0 Å². The van der Waals surface area contributed by atoms with Crippen molar-refractivity contribution in [3.8, 4) is 0 Å². The molecular weight excluding hydrogens is 258 g/mol. The molecule has 0 aliphatic rings. The van der Waals surface area contributed by atoms with E-state index in [2.05, 4.69) is 29.6 Å². The Morgan fingerprint density at radius 2 is 1.67 bits per heavy atom. The molecule has 1 nitrogen and oxygen atoms in total. The maximum atomic E-state index is 5.40. The lowest BCUT2D eigenvalue weighted by molar-refractivity contribution is 1.65. The predicted molar refractivity (Wildman–Crippen MR) is 83.6 cm³/mol. The third-order valence-electron chi connectivity index (χ3n) is 2.70. The van der Waals surface area contributed by atoms with Crippen LogP contribution < -0.4 is 5.32 Å². The van der Waals surface area contributed by atoms with Crippen molar-refractivity contribution in [1.29, 1.82) is 0 Å². The molecule has 0 atom stereocenters. The topological polar surface area (TPSA) is 12.0 Å². The number of anilines is 1. The largest absolute Gasteiger partial charge is 0.338 e. The summed E-state index contributed by atoms with van der Waals surface area (Å²) < 4.78 is 1.27. The van der Waals surface area contributed by atoms with Crippen molar-refractivity contribution in [3.63, 3.8) is 0 Å². The minimum Gasteiger partial charge on any atom is -0.338 e. The second kappa shape index (κ2) is 4.88. The third-order valence-corrected chi connectivity index (χ3v) is 4.07. The fourth-order valence-electron chi connectivity index (χ4n) is 1.82. The predicted octanol–water partition coefficient (Wildman–Crippen LogP) is 4.69. The van der Waals surface area contributed by atoms with E-state index in [0.717, 1.165) is 15.6 Å². The summed E-state index contributed by atoms with van der Waals surface area (Å²) in [6, 6.07) is 20.5. The number of fused-ring (bicyclic) bond motifs is 1. The normalized spacial score (nSPS) is 10.4. The van der Waals surface area contributed by atoms with Gasteiger partial charge in [0.1, 0.15) is 4.99 Å². The summed E-state index contributed by atoms with van der Waals surface area (Å²) >= 11 is 7.12. The average molecular weight is 269 g/mol. The summed E-state index contributed by atoms with van der Waals surface area (Å²) in [7, 11) is 0. The van der Waals surface area contributed by atoms with Crippen molar-refractivity contribution < 1.29 is 0 Å². The minimum atomic E-state index is 0.766. The van der Waals surface area contributed by atoms with Gasteiger partial charge in [0.15, 0.2) is 0 Å². The number of hydrogen-bond acceptors (Lipinski definition) is 2. The van der Waals surface area contributed by atoms with Crippen LogP contribution in [-0.4, -0.2) is 4.99 Å². The Morgan fingerprint density at radius 3 is 2.44 bits per heavy atom. The van der Waals surface area contributed by atoms with Crippen molar-refractivity contribution in [1.82, 2.24) is 0 Å². The van der Waals surface area contributed by atoms with Crippen LogP contribution in [0.25, 0.3) is 10.1 Å². The van der Waals surface area contributed by atoms with E-state index >= 15 is 0 Å². The van der Waals surface area contributed by atoms with Crippen molar-refractivity contribution in [2.75, 3.05) is 5.32 Å². The van der Waals surface area contributed by atoms with Crippen LogP contribution in [0.1, 0.15) is 5.56 Å². The highest BCUT2D eigenvalue weighted by molar-refractivity contribution is 7.81. The maximum absolute atomic E-state index is 5.40. The molecule has 0 fully saturated rings. The van der Waals surface area contributed by atoms with E-state index in [1.807, 2.05) is 36.4 Å². The Kier molecular flexibility index (Phi) is 3.09. The molecule has 1 N–H and O–H groups in total. The van der Waals surface area contributed by atoms with Gasteiger partial charge in [0.05, 0.1) is 5.00 Å². The van der Waals surface area contributed by atoms with Crippen molar-refractivity contribution >= 4 is 43.6 Å². The molecule has 3 rings (SSSR count). The van der Waals surface area contributed by atoms with E-state index in [4.69, 9.17) is 12.2 Å². The first-order chi connectivity index (χ1) is 8.83. The highest BCUT2D eigenvalue weighted by Gasteiger charge is 2.04. The molecule has 2 aromatic carbocycles. The minimum absolute atomic E-state index is 0.766. The van der Waals surface area contributed by atoms with Gasteiger partial charge in [-0.3, -0.25) is 0 Å². The zero-order valence-electron chi connectivity index (χ0n) is 9.59. The van der Waals surface area contributed by atoms with E-state index in [1.54, 1.807) is 11.3 Å². The molecule has 0 aliphatic heterocycles. The first-order valence-corrected chi connectivity index (χ1v) is 6.90. The number of thiocarbonyl (C=S) groups is 1. The number of benzene rings is 2. The Morgan fingerprint density at radius 1 is 0.944 bits per heavy atom. The summed E-state index contributed by atoms with van der Waals surface area (Å²) in [5, 5.41) is 5.64. The van der Waals surface area contributed by atoms with Crippen LogP contribution in [-0.2, 0) is 0 Å². The fourth-order valence-corrected chi connectivity index (χ4v) is 3.10. The van der Waals surface area contributed by atoms with Crippen LogP contribution in [0, 0.1) is 0 Å². The quantitative estimate of drug-likeness (QED) is 0.677. The number of nitrogens with one attached hydrogen (secondary N) is 1. The lowest BCUT2D eigenvalue weighted by atomic mass is 10.2. The van der Waals surface area contributed by atoms with Gasteiger partial charge in [0.25, 0.3) is 0 Å². The third kappa shape index (κ3) is 2.28. The lowest BCUT2D eigenvalue weighted by Gasteiger charge is -2.04. The molecule has 0 amide bonds. The van der Waals surface area contributed by atoms with Gasteiger partial charge in [-0.2, -0.15) is 0 Å². The summed E-state index contributed by atoms with van der Waals surface area (Å²) in [6.45, 7) is 0. The van der Waals surface area contributed by atoms with E-state index in [1.165, 1.54) is 10.1 Å². The summed E-state index contributed by atoms with van der Waals surface area (Å²) in [4.78, 5) is 0.766. The molecular formula is C15H11NS2. The van der Waals surface area contributed by atoms with E-state index in [9.17, 15) is 0 Å². The number of thiophene rings is 1. The number of rotatable bonds is 2. The molecule has 0 bridgehead atoms. The molecule has 18 heavy (non-hydrogen) atoms.